The normalized spacial score (nSPS) is 21.8. The first-order valence-corrected chi connectivity index (χ1v) is 10.6. The van der Waals surface area contributed by atoms with Crippen molar-refractivity contribution in [1.82, 2.24) is 10.2 Å². The lowest BCUT2D eigenvalue weighted by atomic mass is 9.78. The Labute approximate surface area is 191 Å². The Morgan fingerprint density at radius 1 is 1.17 bits per heavy atom. The monoisotopic (exact) mass is 451 g/mol. The molecule has 0 bridgehead atoms. The quantitative estimate of drug-likeness (QED) is 0.755. The van der Waals surface area contributed by atoms with Gasteiger partial charge in [-0.05, 0) is 62.3 Å². The second-order valence-electron chi connectivity index (χ2n) is 8.79. The minimum absolute atomic E-state index is 0. The maximum absolute atomic E-state index is 13.2. The van der Waals surface area contributed by atoms with Crippen LogP contribution in [0.25, 0.3) is 0 Å². The Hall–Kier alpha value is -1.69. The summed E-state index contributed by atoms with van der Waals surface area (Å²) in [6, 6.07) is 10.8. The van der Waals surface area contributed by atoms with Gasteiger partial charge in [0.1, 0.15) is 5.76 Å². The van der Waals surface area contributed by atoms with Gasteiger partial charge < -0.3 is 19.5 Å². The molecular weight excluding hydrogens is 421 g/mol. The molecule has 1 unspecified atom stereocenters. The van der Waals surface area contributed by atoms with Crippen molar-refractivity contribution in [3.8, 4) is 0 Å². The lowest BCUT2D eigenvalue weighted by Crippen LogP contribution is -2.44. The first-order valence-electron chi connectivity index (χ1n) is 10.6. The molecule has 30 heavy (non-hydrogen) atoms. The average Bonchev–Trinajstić information content (AvgIpc) is 3.43. The van der Waals surface area contributed by atoms with Gasteiger partial charge >= 0.3 is 0 Å². The van der Waals surface area contributed by atoms with E-state index in [1.165, 1.54) is 17.7 Å². The summed E-state index contributed by atoms with van der Waals surface area (Å²) in [5.74, 6) is 0.918. The third-order valence-electron chi connectivity index (χ3n) is 7.08. The number of carbonyl (C=O) groups is 1. The highest BCUT2D eigenvalue weighted by Crippen LogP contribution is 2.38. The number of benzene rings is 1. The Morgan fingerprint density at radius 3 is 2.67 bits per heavy atom. The molecule has 1 amide bonds. The second-order valence-corrected chi connectivity index (χ2v) is 8.79. The highest BCUT2D eigenvalue weighted by Gasteiger charge is 2.39. The van der Waals surface area contributed by atoms with Crippen LogP contribution in [0.15, 0.2) is 41.0 Å². The fraction of sp³-hybridized carbons (Fsp3) is 0.522. The van der Waals surface area contributed by atoms with Crippen LogP contribution < -0.4 is 10.2 Å². The predicted molar refractivity (Wildman–Crippen MR) is 124 cm³/mol. The lowest BCUT2D eigenvalue weighted by Gasteiger charge is -2.38. The maximum atomic E-state index is 13.2. The number of likely N-dealkylation sites (tertiary alicyclic amines) is 1. The van der Waals surface area contributed by atoms with E-state index in [0.717, 1.165) is 56.8 Å². The Morgan fingerprint density at radius 2 is 1.93 bits per heavy atom. The van der Waals surface area contributed by atoms with E-state index < -0.39 is 0 Å². The van der Waals surface area contributed by atoms with Gasteiger partial charge in [0.25, 0.3) is 5.91 Å². The predicted octanol–water partition coefficient (Wildman–Crippen LogP) is 4.29. The van der Waals surface area contributed by atoms with Crippen LogP contribution in [0, 0.1) is 5.41 Å². The van der Waals surface area contributed by atoms with Gasteiger partial charge in [0.05, 0.1) is 18.4 Å². The van der Waals surface area contributed by atoms with Crippen LogP contribution in [0.4, 0.5) is 5.69 Å². The molecule has 2 saturated heterocycles. The number of amides is 1. The van der Waals surface area contributed by atoms with Crippen LogP contribution >= 0.6 is 24.8 Å². The summed E-state index contributed by atoms with van der Waals surface area (Å²) in [6.07, 6.45) is 6.17. The fourth-order valence-corrected chi connectivity index (χ4v) is 5.26. The van der Waals surface area contributed by atoms with Crippen molar-refractivity contribution >= 4 is 36.4 Å². The van der Waals surface area contributed by atoms with Crippen LogP contribution in [-0.4, -0.2) is 43.0 Å². The molecule has 164 valence electrons. The van der Waals surface area contributed by atoms with E-state index in [9.17, 15) is 4.79 Å². The summed E-state index contributed by atoms with van der Waals surface area (Å²) in [5, 5.41) is 3.49. The molecule has 7 heteroatoms. The molecule has 3 aliphatic heterocycles. The van der Waals surface area contributed by atoms with E-state index >= 15 is 0 Å². The van der Waals surface area contributed by atoms with Crippen molar-refractivity contribution in [2.45, 2.75) is 45.2 Å². The smallest absolute Gasteiger partial charge is 0.257 e. The molecule has 0 radical (unpaired) electrons. The number of furan rings is 1. The number of nitrogens with zero attached hydrogens (tertiary/aromatic N) is 2. The first-order chi connectivity index (χ1) is 13.7. The summed E-state index contributed by atoms with van der Waals surface area (Å²) >= 11 is 0. The van der Waals surface area contributed by atoms with Crippen LogP contribution in [0.2, 0.25) is 0 Å². The molecule has 1 N–H and O–H groups in total. The molecule has 1 spiro atoms. The van der Waals surface area contributed by atoms with Gasteiger partial charge in [0.2, 0.25) is 0 Å². The third kappa shape index (κ3) is 4.08. The molecule has 2 aromatic rings. The number of hydrogen-bond donors (Lipinski definition) is 1. The number of hydrogen-bond acceptors (Lipinski definition) is 4. The number of rotatable bonds is 3. The second kappa shape index (κ2) is 9.21. The van der Waals surface area contributed by atoms with Gasteiger partial charge in [-0.15, -0.1) is 24.8 Å². The highest BCUT2D eigenvalue weighted by molar-refractivity contribution is 5.95. The van der Waals surface area contributed by atoms with E-state index in [1.54, 1.807) is 6.26 Å². The summed E-state index contributed by atoms with van der Waals surface area (Å²) in [4.78, 5) is 17.6. The van der Waals surface area contributed by atoms with Crippen molar-refractivity contribution in [2.24, 2.45) is 5.41 Å². The Balaban J connectivity index is 0.00000128. The molecule has 0 saturated carbocycles. The molecule has 5 rings (SSSR count). The first kappa shape index (κ1) is 23.0. The van der Waals surface area contributed by atoms with Crippen LogP contribution in [0.1, 0.15) is 47.9 Å². The minimum atomic E-state index is 0. The van der Waals surface area contributed by atoms with E-state index in [-0.39, 0.29) is 30.7 Å². The summed E-state index contributed by atoms with van der Waals surface area (Å²) in [7, 11) is 0. The van der Waals surface area contributed by atoms with E-state index in [4.69, 9.17) is 4.42 Å². The molecule has 1 aromatic carbocycles. The number of fused-ring (bicyclic) bond motifs is 1. The number of para-hydroxylation sites is 1. The largest absolute Gasteiger partial charge is 0.467 e. The molecule has 4 heterocycles. The number of halogens is 2. The summed E-state index contributed by atoms with van der Waals surface area (Å²) in [5.41, 5.74) is 3.79. The number of anilines is 1. The Kier molecular flexibility index (Phi) is 7.05. The molecular formula is C23H31Cl2N3O2. The molecule has 1 atom stereocenters. The zero-order valence-corrected chi connectivity index (χ0v) is 19.1. The third-order valence-corrected chi connectivity index (χ3v) is 7.08. The van der Waals surface area contributed by atoms with Crippen molar-refractivity contribution < 1.29 is 9.21 Å². The van der Waals surface area contributed by atoms with Gasteiger partial charge in [-0.2, -0.15) is 0 Å². The fourth-order valence-electron chi connectivity index (χ4n) is 5.26. The van der Waals surface area contributed by atoms with Crippen molar-refractivity contribution in [3.63, 3.8) is 0 Å². The zero-order chi connectivity index (χ0) is 19.1. The number of piperidine rings is 1. The van der Waals surface area contributed by atoms with Gasteiger partial charge in [-0.25, -0.2) is 0 Å². The van der Waals surface area contributed by atoms with Crippen LogP contribution in [0.5, 0.6) is 0 Å². The SMILES string of the molecule is CC1Cc2ccccc2N1Cc1occc1C(=O)N1CCC2(CCNC2)CC1.Cl.Cl. The molecule has 2 fully saturated rings. The topological polar surface area (TPSA) is 48.7 Å². The van der Waals surface area contributed by atoms with Gasteiger partial charge in [-0.1, -0.05) is 18.2 Å². The molecule has 0 aliphatic carbocycles. The van der Waals surface area contributed by atoms with Crippen molar-refractivity contribution in [2.75, 3.05) is 31.1 Å². The van der Waals surface area contributed by atoms with Gasteiger partial charge in [-0.3, -0.25) is 4.79 Å². The number of carbonyl (C=O) groups excluding carboxylic acids is 1. The molecule has 1 aromatic heterocycles. The van der Waals surface area contributed by atoms with Gasteiger partial charge in [0, 0.05) is 31.4 Å². The summed E-state index contributed by atoms with van der Waals surface area (Å²) < 4.78 is 5.80. The minimum Gasteiger partial charge on any atom is -0.467 e. The highest BCUT2D eigenvalue weighted by atomic mass is 35.5. The van der Waals surface area contributed by atoms with E-state index in [1.807, 2.05) is 11.0 Å². The number of nitrogens with one attached hydrogen (secondary N) is 1. The molecule has 5 nitrogen and oxygen atoms in total. The van der Waals surface area contributed by atoms with E-state index in [0.29, 0.717) is 18.0 Å². The zero-order valence-electron chi connectivity index (χ0n) is 17.4. The van der Waals surface area contributed by atoms with Crippen LogP contribution in [-0.2, 0) is 13.0 Å². The average molecular weight is 452 g/mol. The van der Waals surface area contributed by atoms with Crippen molar-refractivity contribution in [1.29, 1.82) is 0 Å². The lowest BCUT2D eigenvalue weighted by molar-refractivity contribution is 0.0605. The standard InChI is InChI=1S/C23H29N3O2.2ClH/c1-17-14-18-4-2-3-5-20(18)26(17)15-21-19(6-13-28-21)22(27)25-11-8-23(9-12-25)7-10-24-16-23;;/h2-6,13,17,24H,7-12,14-16H2,1H3;2*1H. The maximum Gasteiger partial charge on any atom is 0.257 e. The molecule has 3 aliphatic rings. The summed E-state index contributed by atoms with van der Waals surface area (Å²) in [6.45, 7) is 6.83. The van der Waals surface area contributed by atoms with Crippen LogP contribution in [0.3, 0.4) is 0 Å². The van der Waals surface area contributed by atoms with Crippen molar-refractivity contribution in [3.05, 3.63) is 53.5 Å². The van der Waals surface area contributed by atoms with Gasteiger partial charge in [0.15, 0.2) is 0 Å². The van der Waals surface area contributed by atoms with E-state index in [2.05, 4.69) is 41.4 Å². The Bertz CT molecular complexity index is 869.